The van der Waals surface area contributed by atoms with Crippen molar-refractivity contribution in [3.05, 3.63) is 35.9 Å². The Morgan fingerprint density at radius 2 is 2.08 bits per heavy atom. The molecule has 0 spiro atoms. The second kappa shape index (κ2) is 8.41. The number of hydrogen-bond acceptors (Lipinski definition) is 4. The van der Waals surface area contributed by atoms with Gasteiger partial charge in [-0.25, -0.2) is 0 Å². The molecule has 1 amide bonds. The van der Waals surface area contributed by atoms with E-state index in [-0.39, 0.29) is 23.2 Å². The molecule has 2 rings (SSSR count). The zero-order chi connectivity index (χ0) is 17.6. The van der Waals surface area contributed by atoms with E-state index < -0.39 is 18.3 Å². The highest BCUT2D eigenvalue weighted by Crippen LogP contribution is 2.34. The van der Waals surface area contributed by atoms with Gasteiger partial charge in [0.05, 0.1) is 11.8 Å². The van der Waals surface area contributed by atoms with Gasteiger partial charge in [-0.1, -0.05) is 49.0 Å². The number of benzene rings is 1. The topological polar surface area (TPSA) is 53.5 Å². The molecule has 0 aliphatic carbocycles. The highest BCUT2D eigenvalue weighted by Gasteiger charge is 2.43. The summed E-state index contributed by atoms with van der Waals surface area (Å²) in [4.78, 5) is 16.0. The fraction of sp³-hybridized carbons (Fsp3) is 0.500. The summed E-state index contributed by atoms with van der Waals surface area (Å²) in [5.41, 5.74) is 0.738. The number of rotatable bonds is 5. The summed E-state index contributed by atoms with van der Waals surface area (Å²) < 4.78 is 39.5. The zero-order valence-electron chi connectivity index (χ0n) is 13.3. The zero-order valence-corrected chi connectivity index (χ0v) is 14.1. The van der Waals surface area contributed by atoms with Crippen LogP contribution in [0.2, 0.25) is 0 Å². The van der Waals surface area contributed by atoms with Crippen LogP contribution in [0.25, 0.3) is 0 Å². The van der Waals surface area contributed by atoms with E-state index in [1.165, 1.54) is 0 Å². The van der Waals surface area contributed by atoms with Gasteiger partial charge in [-0.15, -0.1) is 0 Å². The first-order valence-corrected chi connectivity index (χ1v) is 8.74. The molecular formula is C16H20F3N3OS. The minimum atomic E-state index is -4.36. The fourth-order valence-electron chi connectivity index (χ4n) is 2.29. The van der Waals surface area contributed by atoms with Crippen molar-refractivity contribution in [1.29, 1.82) is 0 Å². The maximum absolute atomic E-state index is 13.2. The van der Waals surface area contributed by atoms with E-state index in [0.717, 1.165) is 23.7 Å². The molecule has 4 nitrogen and oxygen atoms in total. The normalized spacial score (nSPS) is 20.9. The van der Waals surface area contributed by atoms with Crippen LogP contribution in [0, 0.1) is 0 Å². The smallest absolute Gasteiger partial charge is 0.355 e. The first kappa shape index (κ1) is 18.6. The van der Waals surface area contributed by atoms with Crippen LogP contribution in [-0.2, 0) is 4.79 Å². The van der Waals surface area contributed by atoms with E-state index >= 15 is 0 Å². The summed E-state index contributed by atoms with van der Waals surface area (Å²) in [5.74, 6) is -0.172. The van der Waals surface area contributed by atoms with E-state index in [0.29, 0.717) is 6.54 Å². The maximum atomic E-state index is 13.2. The van der Waals surface area contributed by atoms with Gasteiger partial charge in [0.25, 0.3) is 0 Å². The molecule has 1 aromatic carbocycles. The number of aliphatic imine (C=N–C) groups is 1. The average molecular weight is 359 g/mol. The van der Waals surface area contributed by atoms with Crippen molar-refractivity contribution < 1.29 is 18.0 Å². The Labute approximate surface area is 143 Å². The number of alkyl halides is 3. The van der Waals surface area contributed by atoms with Crippen LogP contribution < -0.4 is 10.6 Å². The van der Waals surface area contributed by atoms with Crippen molar-refractivity contribution in [2.45, 2.75) is 38.0 Å². The third kappa shape index (κ3) is 5.43. The van der Waals surface area contributed by atoms with Crippen molar-refractivity contribution in [2.75, 3.05) is 12.3 Å². The van der Waals surface area contributed by atoms with Crippen molar-refractivity contribution in [3.63, 3.8) is 0 Å². The third-order valence-corrected chi connectivity index (χ3v) is 4.42. The summed E-state index contributed by atoms with van der Waals surface area (Å²) in [6.45, 7) is 2.48. The lowest BCUT2D eigenvalue weighted by atomic mass is 9.98. The standard InChI is InChI=1S/C16H20F3N3OS/c1-2-8-20-14(23)10-24-15-21-12(11-6-4-3-5-7-11)9-13(22-15)16(17,18)19/h3-7,12-13H,2,8-10H2,1H3,(H,20,23)(H,21,22). The number of carbonyl (C=O) groups is 1. The molecule has 2 N–H and O–H groups in total. The summed E-state index contributed by atoms with van der Waals surface area (Å²) in [6, 6.07) is 6.66. The maximum Gasteiger partial charge on any atom is 0.408 e. The summed E-state index contributed by atoms with van der Waals surface area (Å²) in [5, 5.41) is 5.26. The van der Waals surface area contributed by atoms with Crippen molar-refractivity contribution in [2.24, 2.45) is 4.99 Å². The molecule has 1 aliphatic heterocycles. The van der Waals surface area contributed by atoms with E-state index in [1.807, 2.05) is 13.0 Å². The Morgan fingerprint density at radius 1 is 1.38 bits per heavy atom. The molecule has 2 atom stereocenters. The van der Waals surface area contributed by atoms with Crippen LogP contribution in [0.1, 0.15) is 31.4 Å². The second-order valence-electron chi connectivity index (χ2n) is 5.47. The first-order chi connectivity index (χ1) is 11.4. The van der Waals surface area contributed by atoms with Gasteiger partial charge in [-0.05, 0) is 12.0 Å². The fourth-order valence-corrected chi connectivity index (χ4v) is 3.09. The summed E-state index contributed by atoms with van der Waals surface area (Å²) in [6.07, 6.45) is -3.71. The molecule has 132 valence electrons. The van der Waals surface area contributed by atoms with E-state index in [9.17, 15) is 18.0 Å². The molecule has 0 saturated carbocycles. The lowest BCUT2D eigenvalue weighted by Gasteiger charge is -2.31. The molecule has 0 radical (unpaired) electrons. The number of carbonyl (C=O) groups excluding carboxylic acids is 1. The lowest BCUT2D eigenvalue weighted by Crippen LogP contribution is -2.48. The van der Waals surface area contributed by atoms with E-state index in [1.54, 1.807) is 24.3 Å². The quantitative estimate of drug-likeness (QED) is 0.848. The van der Waals surface area contributed by atoms with Gasteiger partial charge in [0, 0.05) is 13.0 Å². The molecule has 0 fully saturated rings. The van der Waals surface area contributed by atoms with Crippen LogP contribution in [0.5, 0.6) is 0 Å². The molecule has 0 bridgehead atoms. The lowest BCUT2D eigenvalue weighted by molar-refractivity contribution is -0.155. The van der Waals surface area contributed by atoms with Crippen molar-refractivity contribution >= 4 is 22.8 Å². The Bertz CT molecular complexity index is 578. The molecule has 1 heterocycles. The van der Waals surface area contributed by atoms with E-state index in [2.05, 4.69) is 15.6 Å². The summed E-state index contributed by atoms with van der Waals surface area (Å²) in [7, 11) is 0. The van der Waals surface area contributed by atoms with Crippen LogP contribution in [0.15, 0.2) is 35.3 Å². The van der Waals surface area contributed by atoms with Gasteiger partial charge in [-0.3, -0.25) is 9.79 Å². The molecule has 0 aromatic heterocycles. The number of hydrogen-bond donors (Lipinski definition) is 2. The second-order valence-corrected chi connectivity index (χ2v) is 6.44. The van der Waals surface area contributed by atoms with Crippen molar-refractivity contribution in [1.82, 2.24) is 10.6 Å². The molecule has 2 unspecified atom stereocenters. The van der Waals surface area contributed by atoms with Gasteiger partial charge in [-0.2, -0.15) is 13.2 Å². The number of amides is 1. The predicted octanol–water partition coefficient (Wildman–Crippen LogP) is 3.27. The minimum Gasteiger partial charge on any atom is -0.355 e. The number of nitrogens with one attached hydrogen (secondary N) is 2. The van der Waals surface area contributed by atoms with Crippen LogP contribution >= 0.6 is 11.8 Å². The number of thioether (sulfide) groups is 1. The first-order valence-electron chi connectivity index (χ1n) is 7.75. The predicted molar refractivity (Wildman–Crippen MR) is 90.0 cm³/mol. The van der Waals surface area contributed by atoms with E-state index in [4.69, 9.17) is 0 Å². The van der Waals surface area contributed by atoms with Gasteiger partial charge >= 0.3 is 6.18 Å². The molecule has 0 saturated heterocycles. The van der Waals surface area contributed by atoms with Gasteiger partial charge in [0.2, 0.25) is 5.91 Å². The minimum absolute atomic E-state index is 0.0396. The van der Waals surface area contributed by atoms with Crippen molar-refractivity contribution in [3.8, 4) is 0 Å². The Morgan fingerprint density at radius 3 is 2.71 bits per heavy atom. The Hall–Kier alpha value is -1.70. The highest BCUT2D eigenvalue weighted by atomic mass is 32.2. The van der Waals surface area contributed by atoms with Gasteiger partial charge in [0.1, 0.15) is 6.04 Å². The van der Waals surface area contributed by atoms with Gasteiger partial charge in [0.15, 0.2) is 5.17 Å². The molecule has 1 aliphatic rings. The third-order valence-electron chi connectivity index (χ3n) is 3.52. The molecular weight excluding hydrogens is 339 g/mol. The van der Waals surface area contributed by atoms with Crippen LogP contribution in [0.4, 0.5) is 13.2 Å². The largest absolute Gasteiger partial charge is 0.408 e. The Balaban J connectivity index is 2.09. The summed E-state index contributed by atoms with van der Waals surface area (Å²) >= 11 is 1.00. The van der Waals surface area contributed by atoms with Crippen LogP contribution in [-0.4, -0.2) is 35.6 Å². The average Bonchev–Trinajstić information content (AvgIpc) is 2.58. The molecule has 1 aromatic rings. The highest BCUT2D eigenvalue weighted by molar-refractivity contribution is 8.14. The van der Waals surface area contributed by atoms with Gasteiger partial charge < -0.3 is 10.6 Å². The monoisotopic (exact) mass is 359 g/mol. The number of amidine groups is 1. The number of halogens is 3. The number of nitrogens with zero attached hydrogens (tertiary/aromatic N) is 1. The SMILES string of the molecule is CCCNC(=O)CSC1=NC(c2ccccc2)CC(C(F)(F)F)N1. The molecule has 24 heavy (non-hydrogen) atoms. The van der Waals surface area contributed by atoms with Crippen LogP contribution in [0.3, 0.4) is 0 Å². The molecule has 8 heteroatoms. The Kier molecular flexibility index (Phi) is 6.53.